The molecule has 0 fully saturated rings. The van der Waals surface area contributed by atoms with Crippen LogP contribution in [0.25, 0.3) is 10.2 Å². The monoisotopic (exact) mass is 275 g/mol. The van der Waals surface area contributed by atoms with Gasteiger partial charge in [0.05, 0.1) is 10.2 Å². The van der Waals surface area contributed by atoms with Gasteiger partial charge in [0, 0.05) is 19.2 Å². The van der Waals surface area contributed by atoms with Gasteiger partial charge in [0.15, 0.2) is 5.13 Å². The molecule has 2 aromatic rings. The number of thiazole rings is 1. The number of aromatic nitrogens is 1. The molecule has 5 heteroatoms. The molecule has 2 rings (SSSR count). The van der Waals surface area contributed by atoms with E-state index in [1.54, 1.807) is 11.0 Å². The summed E-state index contributed by atoms with van der Waals surface area (Å²) in [5, 5.41) is 0.527. The fraction of sp³-hybridized carbons (Fsp3) is 0.286. The van der Waals surface area contributed by atoms with Crippen LogP contribution in [-0.2, 0) is 0 Å². The van der Waals surface area contributed by atoms with Gasteiger partial charge in [-0.1, -0.05) is 17.4 Å². The Morgan fingerprint density at radius 2 is 2.37 bits per heavy atom. The summed E-state index contributed by atoms with van der Waals surface area (Å²) in [5.41, 5.74) is 7.18. The second kappa shape index (κ2) is 5.84. The third-order valence-corrected chi connectivity index (χ3v) is 3.75. The topological polar surface area (TPSA) is 59.2 Å². The van der Waals surface area contributed by atoms with Crippen LogP contribution in [-0.4, -0.2) is 29.4 Å². The second-order valence-electron chi connectivity index (χ2n) is 4.39. The van der Waals surface area contributed by atoms with Crippen LogP contribution in [0.5, 0.6) is 0 Å². The van der Waals surface area contributed by atoms with Crippen molar-refractivity contribution in [2.75, 3.05) is 19.3 Å². The lowest BCUT2D eigenvalue weighted by atomic mass is 10.2. The van der Waals surface area contributed by atoms with Gasteiger partial charge in [0.1, 0.15) is 0 Å². The van der Waals surface area contributed by atoms with Crippen molar-refractivity contribution in [3.05, 3.63) is 36.4 Å². The van der Waals surface area contributed by atoms with Gasteiger partial charge in [-0.2, -0.15) is 0 Å². The number of nitrogens with zero attached hydrogens (tertiary/aromatic N) is 2. The standard InChI is InChI=1S/C14H17N3OS/c1-3-4-5-8-17(2)13(18)10-6-7-11-12(9-10)19-14(15)16-11/h3,6-7,9H,1,4-5,8H2,2H3,(H2,15,16). The lowest BCUT2D eigenvalue weighted by Crippen LogP contribution is -2.27. The average Bonchev–Trinajstić information content (AvgIpc) is 2.77. The highest BCUT2D eigenvalue weighted by molar-refractivity contribution is 7.22. The van der Waals surface area contributed by atoms with E-state index in [1.165, 1.54) is 11.3 Å². The van der Waals surface area contributed by atoms with E-state index in [4.69, 9.17) is 5.73 Å². The smallest absolute Gasteiger partial charge is 0.253 e. The Bertz CT molecular complexity index is 606. The first-order chi connectivity index (χ1) is 9.11. The summed E-state index contributed by atoms with van der Waals surface area (Å²) in [6.07, 6.45) is 3.72. The quantitative estimate of drug-likeness (QED) is 0.674. The van der Waals surface area contributed by atoms with Crippen LogP contribution in [0.3, 0.4) is 0 Å². The molecule has 0 saturated heterocycles. The molecule has 0 bridgehead atoms. The zero-order chi connectivity index (χ0) is 13.8. The van der Waals surface area contributed by atoms with Gasteiger partial charge in [-0.25, -0.2) is 4.98 Å². The number of carbonyl (C=O) groups is 1. The molecule has 0 unspecified atom stereocenters. The zero-order valence-electron chi connectivity index (χ0n) is 10.9. The predicted octanol–water partition coefficient (Wildman–Crippen LogP) is 2.92. The van der Waals surface area contributed by atoms with E-state index in [0.29, 0.717) is 10.7 Å². The summed E-state index contributed by atoms with van der Waals surface area (Å²) in [6, 6.07) is 5.50. The number of anilines is 1. The third-order valence-electron chi connectivity index (χ3n) is 2.90. The molecular formula is C14H17N3OS. The van der Waals surface area contributed by atoms with Gasteiger partial charge in [-0.05, 0) is 31.0 Å². The molecule has 1 heterocycles. The number of benzene rings is 1. The number of carbonyl (C=O) groups excluding carboxylic acids is 1. The van der Waals surface area contributed by atoms with Gasteiger partial charge < -0.3 is 10.6 Å². The molecule has 0 radical (unpaired) electrons. The van der Waals surface area contributed by atoms with Gasteiger partial charge in [0.25, 0.3) is 5.91 Å². The Hall–Kier alpha value is -1.88. The largest absolute Gasteiger partial charge is 0.375 e. The van der Waals surface area contributed by atoms with Crippen molar-refractivity contribution in [1.82, 2.24) is 9.88 Å². The van der Waals surface area contributed by atoms with E-state index >= 15 is 0 Å². The number of unbranched alkanes of at least 4 members (excludes halogenated alkanes) is 1. The molecular weight excluding hydrogens is 258 g/mol. The highest BCUT2D eigenvalue weighted by Gasteiger charge is 2.12. The van der Waals surface area contributed by atoms with Crippen LogP contribution >= 0.6 is 11.3 Å². The van der Waals surface area contributed by atoms with Crippen molar-refractivity contribution in [2.24, 2.45) is 0 Å². The van der Waals surface area contributed by atoms with E-state index < -0.39 is 0 Å². The Kier molecular flexibility index (Phi) is 4.16. The van der Waals surface area contributed by atoms with Crippen molar-refractivity contribution >= 4 is 32.6 Å². The number of allylic oxidation sites excluding steroid dienone is 1. The molecule has 4 nitrogen and oxygen atoms in total. The Morgan fingerprint density at radius 1 is 1.58 bits per heavy atom. The van der Waals surface area contributed by atoms with Crippen molar-refractivity contribution in [2.45, 2.75) is 12.8 Å². The van der Waals surface area contributed by atoms with Crippen molar-refractivity contribution in [1.29, 1.82) is 0 Å². The zero-order valence-corrected chi connectivity index (χ0v) is 11.7. The summed E-state index contributed by atoms with van der Waals surface area (Å²) >= 11 is 1.40. The van der Waals surface area contributed by atoms with Crippen molar-refractivity contribution < 1.29 is 4.79 Å². The molecule has 1 aromatic heterocycles. The lowest BCUT2D eigenvalue weighted by molar-refractivity contribution is 0.0794. The lowest BCUT2D eigenvalue weighted by Gasteiger charge is -2.16. The molecule has 0 atom stereocenters. The predicted molar refractivity (Wildman–Crippen MR) is 80.4 cm³/mol. The summed E-state index contributed by atoms with van der Waals surface area (Å²) < 4.78 is 0.947. The maximum atomic E-state index is 12.2. The number of hydrogen-bond donors (Lipinski definition) is 1. The molecule has 0 saturated carbocycles. The minimum atomic E-state index is 0.0259. The average molecular weight is 275 g/mol. The van der Waals surface area contributed by atoms with E-state index in [9.17, 15) is 4.79 Å². The Morgan fingerprint density at radius 3 is 3.11 bits per heavy atom. The van der Waals surface area contributed by atoms with Crippen molar-refractivity contribution in [3.8, 4) is 0 Å². The van der Waals surface area contributed by atoms with Crippen molar-refractivity contribution in [3.63, 3.8) is 0 Å². The van der Waals surface area contributed by atoms with E-state index in [-0.39, 0.29) is 5.91 Å². The molecule has 2 N–H and O–H groups in total. The minimum Gasteiger partial charge on any atom is -0.375 e. The second-order valence-corrected chi connectivity index (χ2v) is 5.45. The molecule has 19 heavy (non-hydrogen) atoms. The van der Waals surface area contributed by atoms with Crippen LogP contribution in [0.4, 0.5) is 5.13 Å². The van der Waals surface area contributed by atoms with E-state index in [1.807, 2.05) is 25.3 Å². The molecule has 100 valence electrons. The molecule has 0 aliphatic heterocycles. The van der Waals surface area contributed by atoms with Gasteiger partial charge >= 0.3 is 0 Å². The molecule has 0 aliphatic rings. The minimum absolute atomic E-state index is 0.0259. The molecule has 0 spiro atoms. The molecule has 1 aromatic carbocycles. The van der Waals surface area contributed by atoms with E-state index in [2.05, 4.69) is 11.6 Å². The highest BCUT2D eigenvalue weighted by atomic mass is 32.1. The summed E-state index contributed by atoms with van der Waals surface area (Å²) in [6.45, 7) is 4.41. The van der Waals surface area contributed by atoms with Crippen LogP contribution in [0.1, 0.15) is 23.2 Å². The fourth-order valence-corrected chi connectivity index (χ4v) is 2.64. The number of nitrogen functional groups attached to an aromatic ring is 1. The Balaban J connectivity index is 2.13. The Labute approximate surface area is 116 Å². The van der Waals surface area contributed by atoms with Crippen LogP contribution in [0.15, 0.2) is 30.9 Å². The SMILES string of the molecule is C=CCCCN(C)C(=O)c1ccc2nc(N)sc2c1. The van der Waals surface area contributed by atoms with Gasteiger partial charge in [0.2, 0.25) is 0 Å². The number of amides is 1. The number of nitrogens with two attached hydrogens (primary N) is 1. The first kappa shape index (κ1) is 13.5. The first-order valence-electron chi connectivity index (χ1n) is 6.14. The first-order valence-corrected chi connectivity index (χ1v) is 6.96. The van der Waals surface area contributed by atoms with Gasteiger partial charge in [-0.3, -0.25) is 4.79 Å². The normalized spacial score (nSPS) is 10.6. The molecule has 0 aliphatic carbocycles. The maximum absolute atomic E-state index is 12.2. The third kappa shape index (κ3) is 3.12. The highest BCUT2D eigenvalue weighted by Crippen LogP contribution is 2.25. The van der Waals surface area contributed by atoms with Crippen LogP contribution in [0, 0.1) is 0 Å². The summed E-state index contributed by atoms with van der Waals surface area (Å²) in [5.74, 6) is 0.0259. The fourth-order valence-electron chi connectivity index (χ4n) is 1.87. The number of fused-ring (bicyclic) bond motifs is 1. The van der Waals surface area contributed by atoms with Crippen LogP contribution in [0.2, 0.25) is 0 Å². The van der Waals surface area contributed by atoms with E-state index in [0.717, 1.165) is 29.6 Å². The maximum Gasteiger partial charge on any atom is 0.253 e. The van der Waals surface area contributed by atoms with Crippen LogP contribution < -0.4 is 5.73 Å². The summed E-state index contributed by atoms with van der Waals surface area (Å²) in [7, 11) is 1.82. The van der Waals surface area contributed by atoms with Gasteiger partial charge in [-0.15, -0.1) is 6.58 Å². The number of hydrogen-bond acceptors (Lipinski definition) is 4. The number of rotatable bonds is 5. The summed E-state index contributed by atoms with van der Waals surface area (Å²) in [4.78, 5) is 18.2. The molecule has 1 amide bonds.